The first-order valence-corrected chi connectivity index (χ1v) is 3.69. The lowest BCUT2D eigenvalue weighted by molar-refractivity contribution is 0.110. The predicted molar refractivity (Wildman–Crippen MR) is 44.8 cm³/mol. The van der Waals surface area contributed by atoms with Crippen LogP contribution in [0.3, 0.4) is 0 Å². The minimum Gasteiger partial charge on any atom is -0.454 e. The minimum absolute atomic E-state index is 0.123. The summed E-state index contributed by atoms with van der Waals surface area (Å²) in [5.41, 5.74) is 0. The SMILES string of the molecule is O=Cc1ccc(C=CCCO)o1. The summed E-state index contributed by atoms with van der Waals surface area (Å²) in [5, 5.41) is 8.46. The molecule has 12 heavy (non-hydrogen) atoms. The zero-order chi connectivity index (χ0) is 8.81. The predicted octanol–water partition coefficient (Wildman–Crippen LogP) is 1.49. The summed E-state index contributed by atoms with van der Waals surface area (Å²) in [6.45, 7) is 0.123. The van der Waals surface area contributed by atoms with Crippen LogP contribution in [0.4, 0.5) is 0 Å². The first kappa shape index (κ1) is 8.74. The van der Waals surface area contributed by atoms with Gasteiger partial charge in [-0.25, -0.2) is 0 Å². The number of rotatable bonds is 4. The van der Waals surface area contributed by atoms with Crippen LogP contribution in [-0.4, -0.2) is 18.0 Å². The van der Waals surface area contributed by atoms with E-state index in [4.69, 9.17) is 9.52 Å². The van der Waals surface area contributed by atoms with Gasteiger partial charge < -0.3 is 9.52 Å². The molecule has 0 aliphatic rings. The van der Waals surface area contributed by atoms with Crippen LogP contribution in [0.5, 0.6) is 0 Å². The molecule has 0 saturated heterocycles. The largest absolute Gasteiger partial charge is 0.454 e. The van der Waals surface area contributed by atoms with Gasteiger partial charge in [0.25, 0.3) is 0 Å². The maximum absolute atomic E-state index is 10.2. The molecule has 0 aliphatic carbocycles. The van der Waals surface area contributed by atoms with Crippen molar-refractivity contribution >= 4 is 12.4 Å². The van der Waals surface area contributed by atoms with Gasteiger partial charge in [-0.05, 0) is 24.6 Å². The standard InChI is InChI=1S/C9H10O3/c10-6-2-1-3-8-4-5-9(7-11)12-8/h1,3-5,7,10H,2,6H2. The summed E-state index contributed by atoms with van der Waals surface area (Å²) in [5.74, 6) is 0.948. The van der Waals surface area contributed by atoms with Crippen molar-refractivity contribution in [3.8, 4) is 0 Å². The lowest BCUT2D eigenvalue weighted by Crippen LogP contribution is -1.74. The van der Waals surface area contributed by atoms with Gasteiger partial charge in [0.05, 0.1) is 0 Å². The van der Waals surface area contributed by atoms with Crippen LogP contribution in [0.25, 0.3) is 6.08 Å². The second kappa shape index (κ2) is 4.51. The Morgan fingerprint density at radius 1 is 1.42 bits per heavy atom. The molecule has 0 saturated carbocycles. The molecule has 1 heterocycles. The fourth-order valence-corrected chi connectivity index (χ4v) is 0.795. The van der Waals surface area contributed by atoms with Crippen molar-refractivity contribution < 1.29 is 14.3 Å². The Morgan fingerprint density at radius 3 is 2.75 bits per heavy atom. The van der Waals surface area contributed by atoms with Crippen molar-refractivity contribution in [1.29, 1.82) is 0 Å². The van der Waals surface area contributed by atoms with Gasteiger partial charge in [-0.15, -0.1) is 0 Å². The molecule has 0 spiro atoms. The average Bonchev–Trinajstić information content (AvgIpc) is 2.53. The molecule has 0 amide bonds. The monoisotopic (exact) mass is 166 g/mol. The minimum atomic E-state index is 0.123. The molecular formula is C9H10O3. The van der Waals surface area contributed by atoms with Gasteiger partial charge in [-0.3, -0.25) is 4.79 Å². The first-order valence-electron chi connectivity index (χ1n) is 3.69. The van der Waals surface area contributed by atoms with Crippen LogP contribution in [0.15, 0.2) is 22.6 Å². The summed E-state index contributed by atoms with van der Waals surface area (Å²) in [4.78, 5) is 10.2. The summed E-state index contributed by atoms with van der Waals surface area (Å²) >= 11 is 0. The Kier molecular flexibility index (Phi) is 3.29. The van der Waals surface area contributed by atoms with E-state index >= 15 is 0 Å². The maximum Gasteiger partial charge on any atom is 0.185 e. The highest BCUT2D eigenvalue weighted by Gasteiger charge is 1.95. The molecule has 0 atom stereocenters. The van der Waals surface area contributed by atoms with Gasteiger partial charge in [0.1, 0.15) is 5.76 Å². The van der Waals surface area contributed by atoms with Gasteiger partial charge in [0, 0.05) is 6.61 Å². The van der Waals surface area contributed by atoms with E-state index in [2.05, 4.69) is 0 Å². The Hall–Kier alpha value is -1.35. The van der Waals surface area contributed by atoms with Crippen molar-refractivity contribution in [2.45, 2.75) is 6.42 Å². The topological polar surface area (TPSA) is 50.4 Å². The molecule has 0 unspecified atom stereocenters. The number of hydrogen-bond acceptors (Lipinski definition) is 3. The third-order valence-electron chi connectivity index (χ3n) is 1.34. The summed E-state index contributed by atoms with van der Waals surface area (Å²) in [7, 11) is 0. The van der Waals surface area contributed by atoms with E-state index in [1.54, 1.807) is 24.3 Å². The summed E-state index contributed by atoms with van der Waals surface area (Å²) < 4.78 is 5.04. The van der Waals surface area contributed by atoms with E-state index in [1.165, 1.54) is 0 Å². The third-order valence-corrected chi connectivity index (χ3v) is 1.34. The second-order valence-electron chi connectivity index (χ2n) is 2.27. The van der Waals surface area contributed by atoms with E-state index in [1.807, 2.05) is 0 Å². The number of furan rings is 1. The lowest BCUT2D eigenvalue weighted by Gasteiger charge is -1.84. The fourth-order valence-electron chi connectivity index (χ4n) is 0.795. The Labute approximate surface area is 70.3 Å². The lowest BCUT2D eigenvalue weighted by atomic mass is 10.3. The van der Waals surface area contributed by atoms with Crippen LogP contribution in [0.2, 0.25) is 0 Å². The zero-order valence-electron chi connectivity index (χ0n) is 6.56. The number of carbonyl (C=O) groups excluding carboxylic acids is 1. The van der Waals surface area contributed by atoms with Crippen molar-refractivity contribution in [2.75, 3.05) is 6.61 Å². The van der Waals surface area contributed by atoms with Crippen LogP contribution in [-0.2, 0) is 0 Å². The van der Waals surface area contributed by atoms with Crippen molar-refractivity contribution in [2.24, 2.45) is 0 Å². The molecule has 1 rings (SSSR count). The molecule has 3 nitrogen and oxygen atoms in total. The van der Waals surface area contributed by atoms with E-state index in [9.17, 15) is 4.79 Å². The van der Waals surface area contributed by atoms with Gasteiger partial charge in [-0.1, -0.05) is 6.08 Å². The van der Waals surface area contributed by atoms with Crippen molar-refractivity contribution in [3.05, 3.63) is 29.7 Å². The number of aldehydes is 1. The van der Waals surface area contributed by atoms with Crippen molar-refractivity contribution in [3.63, 3.8) is 0 Å². The number of carbonyl (C=O) groups is 1. The van der Waals surface area contributed by atoms with E-state index in [0.29, 0.717) is 24.2 Å². The molecular weight excluding hydrogens is 156 g/mol. The summed E-state index contributed by atoms with van der Waals surface area (Å²) in [6.07, 6.45) is 4.76. The molecule has 3 heteroatoms. The second-order valence-corrected chi connectivity index (χ2v) is 2.27. The number of hydrogen-bond donors (Lipinski definition) is 1. The normalized spacial score (nSPS) is 10.8. The molecule has 1 aromatic rings. The number of aliphatic hydroxyl groups excluding tert-OH is 1. The highest BCUT2D eigenvalue weighted by molar-refractivity contribution is 5.71. The average molecular weight is 166 g/mol. The van der Waals surface area contributed by atoms with Crippen LogP contribution in [0.1, 0.15) is 22.7 Å². The molecule has 0 aromatic carbocycles. The summed E-state index contributed by atoms with van der Waals surface area (Å²) in [6, 6.07) is 3.31. The van der Waals surface area contributed by atoms with Gasteiger partial charge >= 0.3 is 0 Å². The molecule has 1 aromatic heterocycles. The third kappa shape index (κ3) is 2.36. The van der Waals surface area contributed by atoms with Gasteiger partial charge in [-0.2, -0.15) is 0 Å². The molecule has 64 valence electrons. The van der Waals surface area contributed by atoms with E-state index < -0.39 is 0 Å². The smallest absolute Gasteiger partial charge is 0.185 e. The maximum atomic E-state index is 10.2. The van der Waals surface area contributed by atoms with Crippen LogP contribution < -0.4 is 0 Å². The Balaban J connectivity index is 2.57. The highest BCUT2D eigenvalue weighted by atomic mass is 16.3. The van der Waals surface area contributed by atoms with Crippen LogP contribution in [0, 0.1) is 0 Å². The van der Waals surface area contributed by atoms with Gasteiger partial charge in [0.2, 0.25) is 0 Å². The highest BCUT2D eigenvalue weighted by Crippen LogP contribution is 2.07. The van der Waals surface area contributed by atoms with Crippen LogP contribution >= 0.6 is 0 Å². The molecule has 0 aliphatic heterocycles. The molecule has 0 radical (unpaired) electrons. The Bertz CT molecular complexity index is 273. The van der Waals surface area contributed by atoms with Crippen molar-refractivity contribution in [1.82, 2.24) is 0 Å². The molecule has 0 fully saturated rings. The number of aliphatic hydroxyl groups is 1. The zero-order valence-corrected chi connectivity index (χ0v) is 6.56. The van der Waals surface area contributed by atoms with E-state index in [0.717, 1.165) is 0 Å². The molecule has 1 N–H and O–H groups in total. The van der Waals surface area contributed by atoms with E-state index in [-0.39, 0.29) is 6.61 Å². The molecule has 0 bridgehead atoms. The fraction of sp³-hybridized carbons (Fsp3) is 0.222. The first-order chi connectivity index (χ1) is 5.86. The van der Waals surface area contributed by atoms with Gasteiger partial charge in [0.15, 0.2) is 12.0 Å². The Morgan fingerprint density at radius 2 is 2.17 bits per heavy atom. The quantitative estimate of drug-likeness (QED) is 0.689.